The van der Waals surface area contributed by atoms with Gasteiger partial charge in [-0.25, -0.2) is 9.67 Å². The first-order valence-corrected chi connectivity index (χ1v) is 11.6. The molecule has 10 heteroatoms. The normalized spacial score (nSPS) is 13.7. The summed E-state index contributed by atoms with van der Waals surface area (Å²) in [6, 6.07) is 9.18. The second-order valence-electron chi connectivity index (χ2n) is 8.20. The summed E-state index contributed by atoms with van der Waals surface area (Å²) in [4.78, 5) is 29.0. The number of nitrogens with one attached hydrogen (secondary N) is 3. The van der Waals surface area contributed by atoms with Gasteiger partial charge < -0.3 is 25.4 Å². The van der Waals surface area contributed by atoms with Crippen LogP contribution in [0.1, 0.15) is 43.3 Å². The highest BCUT2D eigenvalue weighted by Crippen LogP contribution is 2.38. The molecule has 1 saturated carbocycles. The van der Waals surface area contributed by atoms with Crippen molar-refractivity contribution in [2.75, 3.05) is 31.4 Å². The van der Waals surface area contributed by atoms with Crippen LogP contribution in [0, 0.1) is 5.92 Å². The Balaban J connectivity index is 1.67. The lowest BCUT2D eigenvalue weighted by molar-refractivity contribution is -0.117. The van der Waals surface area contributed by atoms with E-state index in [1.54, 1.807) is 24.9 Å². The van der Waals surface area contributed by atoms with E-state index in [0.717, 1.165) is 24.1 Å². The number of hydrogen-bond donors (Lipinski definition) is 3. The summed E-state index contributed by atoms with van der Waals surface area (Å²) < 4.78 is 13.1. The van der Waals surface area contributed by atoms with E-state index >= 15 is 0 Å². The Morgan fingerprint density at radius 2 is 2.03 bits per heavy atom. The molecule has 184 valence electrons. The molecule has 3 N–H and O–H groups in total. The standard InChI is InChI=1S/C25H30N6O4/c1-5-35-15(2)31-12-11-19(30-31)17-7-6-8-20(23(17)34-4)28-21-13-22(29-24(32)16-9-10-16)27-14-18(21)25(33)26-3/h6-8,11-16H,5,9-10H2,1-4H3,(H,26,33)(H2,27,28,29,32). The van der Waals surface area contributed by atoms with Gasteiger partial charge in [-0.15, -0.1) is 0 Å². The first-order chi connectivity index (χ1) is 16.9. The van der Waals surface area contributed by atoms with Crippen LogP contribution < -0.4 is 20.7 Å². The molecule has 35 heavy (non-hydrogen) atoms. The summed E-state index contributed by atoms with van der Waals surface area (Å²) in [5, 5.41) is 13.4. The highest BCUT2D eigenvalue weighted by Gasteiger charge is 2.30. The van der Waals surface area contributed by atoms with Gasteiger partial charge in [-0.05, 0) is 44.9 Å². The van der Waals surface area contributed by atoms with Crippen molar-refractivity contribution in [3.05, 3.63) is 48.3 Å². The summed E-state index contributed by atoms with van der Waals surface area (Å²) in [5.74, 6) is 0.598. The minimum atomic E-state index is -0.307. The van der Waals surface area contributed by atoms with Gasteiger partial charge in [-0.3, -0.25) is 9.59 Å². The molecule has 3 aromatic rings. The van der Waals surface area contributed by atoms with Gasteiger partial charge in [0.05, 0.1) is 29.7 Å². The fourth-order valence-electron chi connectivity index (χ4n) is 3.72. The maximum absolute atomic E-state index is 12.5. The van der Waals surface area contributed by atoms with Gasteiger partial charge in [0.15, 0.2) is 5.75 Å². The van der Waals surface area contributed by atoms with Crippen molar-refractivity contribution in [2.45, 2.75) is 32.9 Å². The van der Waals surface area contributed by atoms with Crippen LogP contribution in [-0.2, 0) is 9.53 Å². The molecule has 10 nitrogen and oxygen atoms in total. The van der Waals surface area contributed by atoms with Crippen LogP contribution in [0.2, 0.25) is 0 Å². The number of hydrogen-bond acceptors (Lipinski definition) is 7. The number of nitrogens with zero attached hydrogens (tertiary/aromatic N) is 3. The maximum Gasteiger partial charge on any atom is 0.254 e. The number of rotatable bonds is 10. The Bertz CT molecular complexity index is 1220. The molecule has 1 aromatic carbocycles. The van der Waals surface area contributed by atoms with Crippen molar-refractivity contribution in [3.8, 4) is 17.0 Å². The molecule has 0 spiro atoms. The molecule has 4 rings (SSSR count). The molecule has 2 aromatic heterocycles. The van der Waals surface area contributed by atoms with E-state index in [1.807, 2.05) is 44.3 Å². The molecule has 0 aliphatic heterocycles. The minimum absolute atomic E-state index is 0.0360. The van der Waals surface area contributed by atoms with Crippen LogP contribution in [0.15, 0.2) is 42.7 Å². The van der Waals surface area contributed by atoms with Gasteiger partial charge in [0, 0.05) is 43.6 Å². The molecule has 1 unspecified atom stereocenters. The number of carbonyl (C=O) groups excluding carboxylic acids is 2. The van der Waals surface area contributed by atoms with Crippen molar-refractivity contribution < 1.29 is 19.1 Å². The van der Waals surface area contributed by atoms with E-state index in [0.29, 0.717) is 35.1 Å². The third kappa shape index (κ3) is 5.43. The fourth-order valence-corrected chi connectivity index (χ4v) is 3.72. The number of methoxy groups -OCH3 is 1. The molecule has 0 bridgehead atoms. The lowest BCUT2D eigenvalue weighted by Gasteiger charge is -2.17. The number of ether oxygens (including phenoxy) is 2. The third-order valence-corrected chi connectivity index (χ3v) is 5.73. The summed E-state index contributed by atoms with van der Waals surface area (Å²) >= 11 is 0. The second-order valence-corrected chi connectivity index (χ2v) is 8.20. The van der Waals surface area contributed by atoms with Crippen LogP contribution in [0.4, 0.5) is 17.2 Å². The monoisotopic (exact) mass is 478 g/mol. The summed E-state index contributed by atoms with van der Waals surface area (Å²) in [6.45, 7) is 4.45. The average Bonchev–Trinajstić information content (AvgIpc) is 3.60. The van der Waals surface area contributed by atoms with Crippen LogP contribution in [0.25, 0.3) is 11.3 Å². The lowest BCUT2D eigenvalue weighted by atomic mass is 10.1. The van der Waals surface area contributed by atoms with Crippen molar-refractivity contribution in [2.24, 2.45) is 5.92 Å². The average molecular weight is 479 g/mol. The molecule has 1 aliphatic carbocycles. The maximum atomic E-state index is 12.5. The van der Waals surface area contributed by atoms with Crippen molar-refractivity contribution in [3.63, 3.8) is 0 Å². The van der Waals surface area contributed by atoms with Gasteiger partial charge in [0.25, 0.3) is 5.91 Å². The van der Waals surface area contributed by atoms with Gasteiger partial charge in [-0.1, -0.05) is 6.07 Å². The zero-order valence-electron chi connectivity index (χ0n) is 20.3. The number of benzene rings is 1. The molecule has 1 aliphatic rings. The van der Waals surface area contributed by atoms with E-state index in [1.165, 1.54) is 6.20 Å². The Labute approximate surface area is 204 Å². The van der Waals surface area contributed by atoms with Crippen LogP contribution in [-0.4, -0.2) is 47.3 Å². The number of anilines is 3. The first-order valence-electron chi connectivity index (χ1n) is 11.6. The van der Waals surface area contributed by atoms with Crippen molar-refractivity contribution in [1.82, 2.24) is 20.1 Å². The minimum Gasteiger partial charge on any atom is -0.494 e. The predicted octanol–water partition coefficient (Wildman–Crippen LogP) is 3.96. The van der Waals surface area contributed by atoms with Gasteiger partial charge in [0.1, 0.15) is 12.0 Å². The Morgan fingerprint density at radius 3 is 2.71 bits per heavy atom. The van der Waals surface area contributed by atoms with Crippen molar-refractivity contribution >= 4 is 29.0 Å². The fraction of sp³-hybridized carbons (Fsp3) is 0.360. The van der Waals surface area contributed by atoms with E-state index in [-0.39, 0.29) is 24.0 Å². The van der Waals surface area contributed by atoms with Gasteiger partial charge in [-0.2, -0.15) is 5.10 Å². The Hall–Kier alpha value is -3.92. The van der Waals surface area contributed by atoms with Crippen molar-refractivity contribution in [1.29, 1.82) is 0 Å². The zero-order valence-corrected chi connectivity index (χ0v) is 20.3. The first kappa shape index (κ1) is 24.2. The Morgan fingerprint density at radius 1 is 1.23 bits per heavy atom. The molecular formula is C25H30N6O4. The van der Waals surface area contributed by atoms with Crippen LogP contribution in [0.5, 0.6) is 5.75 Å². The zero-order chi connectivity index (χ0) is 24.9. The molecule has 1 fully saturated rings. The van der Waals surface area contributed by atoms with E-state index < -0.39 is 0 Å². The summed E-state index contributed by atoms with van der Waals surface area (Å²) in [7, 11) is 3.13. The molecule has 0 radical (unpaired) electrons. The summed E-state index contributed by atoms with van der Waals surface area (Å²) in [6.07, 6.45) is 4.87. The smallest absolute Gasteiger partial charge is 0.254 e. The van der Waals surface area contributed by atoms with Crippen LogP contribution >= 0.6 is 0 Å². The van der Waals surface area contributed by atoms with E-state index in [9.17, 15) is 9.59 Å². The number of pyridine rings is 1. The second kappa shape index (κ2) is 10.6. The molecule has 2 amide bonds. The van der Waals surface area contributed by atoms with Gasteiger partial charge >= 0.3 is 0 Å². The van der Waals surface area contributed by atoms with E-state index in [2.05, 4.69) is 26.0 Å². The molecular weight excluding hydrogens is 448 g/mol. The highest BCUT2D eigenvalue weighted by molar-refractivity contribution is 6.01. The van der Waals surface area contributed by atoms with E-state index in [4.69, 9.17) is 9.47 Å². The number of carbonyl (C=O) groups is 2. The quantitative estimate of drug-likeness (QED) is 0.403. The SMILES string of the molecule is CCOC(C)n1ccc(-c2cccc(Nc3cc(NC(=O)C4CC4)ncc3C(=O)NC)c2OC)n1. The number of aromatic nitrogens is 3. The lowest BCUT2D eigenvalue weighted by Crippen LogP contribution is -2.20. The predicted molar refractivity (Wildman–Crippen MR) is 133 cm³/mol. The molecule has 0 saturated heterocycles. The number of amides is 2. The Kier molecular flexibility index (Phi) is 7.31. The highest BCUT2D eigenvalue weighted by atomic mass is 16.5. The molecule has 1 atom stereocenters. The number of para-hydroxylation sites is 1. The largest absolute Gasteiger partial charge is 0.494 e. The third-order valence-electron chi connectivity index (χ3n) is 5.73. The van der Waals surface area contributed by atoms with Crippen LogP contribution in [0.3, 0.4) is 0 Å². The summed E-state index contributed by atoms with van der Waals surface area (Å²) in [5.41, 5.74) is 2.94. The topological polar surface area (TPSA) is 119 Å². The van der Waals surface area contributed by atoms with Gasteiger partial charge in [0.2, 0.25) is 5.91 Å². The molecule has 2 heterocycles.